The van der Waals surface area contributed by atoms with E-state index in [1.165, 1.54) is 6.07 Å². The second-order valence-electron chi connectivity index (χ2n) is 3.62. The molecule has 2 N–H and O–H groups in total. The quantitative estimate of drug-likeness (QED) is 0.820. The average Bonchev–Trinajstić information content (AvgIpc) is 2.30. The summed E-state index contributed by atoms with van der Waals surface area (Å²) in [4.78, 5) is 0. The zero-order valence-electron chi connectivity index (χ0n) is 8.77. The van der Waals surface area contributed by atoms with Crippen LogP contribution in [0, 0.1) is 0 Å². The molecule has 0 aliphatic rings. The molecule has 0 heterocycles. The molecule has 0 aliphatic carbocycles. The van der Waals surface area contributed by atoms with Crippen molar-refractivity contribution in [3.8, 4) is 11.1 Å². The van der Waals surface area contributed by atoms with Gasteiger partial charge in [-0.1, -0.05) is 47.5 Å². The summed E-state index contributed by atoms with van der Waals surface area (Å²) in [5.41, 5.74) is 2.12. The van der Waals surface area contributed by atoms with E-state index in [4.69, 9.17) is 33.2 Å². The Bertz CT molecular complexity index is 527. The summed E-state index contributed by atoms with van der Waals surface area (Å²) in [6, 6.07) is 12.2. The SMILES string of the molecule is OB(O)c1ccc(-c2ccc(Cl)cc2)c(Cl)c1. The summed E-state index contributed by atoms with van der Waals surface area (Å²) in [6.07, 6.45) is 0. The van der Waals surface area contributed by atoms with E-state index >= 15 is 0 Å². The van der Waals surface area contributed by atoms with Gasteiger partial charge in [0.1, 0.15) is 0 Å². The lowest BCUT2D eigenvalue weighted by molar-refractivity contribution is 0.426. The lowest BCUT2D eigenvalue weighted by Gasteiger charge is -2.07. The van der Waals surface area contributed by atoms with Gasteiger partial charge in [-0.3, -0.25) is 0 Å². The fourth-order valence-electron chi connectivity index (χ4n) is 1.56. The smallest absolute Gasteiger partial charge is 0.423 e. The number of rotatable bonds is 2. The van der Waals surface area contributed by atoms with Crippen molar-refractivity contribution in [2.75, 3.05) is 0 Å². The van der Waals surface area contributed by atoms with Crippen molar-refractivity contribution in [3.63, 3.8) is 0 Å². The summed E-state index contributed by atoms with van der Waals surface area (Å²) in [5, 5.41) is 19.2. The molecule has 2 nitrogen and oxygen atoms in total. The predicted octanol–water partition coefficient (Wildman–Crippen LogP) is 2.34. The van der Waals surface area contributed by atoms with Crippen LogP contribution >= 0.6 is 23.2 Å². The molecule has 0 amide bonds. The minimum atomic E-state index is -1.51. The van der Waals surface area contributed by atoms with Crippen molar-refractivity contribution >= 4 is 35.8 Å². The minimum Gasteiger partial charge on any atom is -0.423 e. The molecular weight excluding hydrogens is 258 g/mol. The molecule has 0 radical (unpaired) electrons. The summed E-state index contributed by atoms with van der Waals surface area (Å²) in [6.45, 7) is 0. The molecule has 0 fully saturated rings. The Hall–Kier alpha value is -0.995. The highest BCUT2D eigenvalue weighted by Crippen LogP contribution is 2.27. The van der Waals surface area contributed by atoms with Gasteiger partial charge >= 0.3 is 7.12 Å². The first-order chi connectivity index (χ1) is 8.08. The van der Waals surface area contributed by atoms with E-state index < -0.39 is 7.12 Å². The zero-order valence-corrected chi connectivity index (χ0v) is 10.3. The summed E-state index contributed by atoms with van der Waals surface area (Å²) < 4.78 is 0. The van der Waals surface area contributed by atoms with Crippen molar-refractivity contribution in [2.45, 2.75) is 0 Å². The lowest BCUT2D eigenvalue weighted by Crippen LogP contribution is -2.29. The first kappa shape index (κ1) is 12.5. The van der Waals surface area contributed by atoms with E-state index in [0.29, 0.717) is 15.5 Å². The largest absolute Gasteiger partial charge is 0.488 e. The van der Waals surface area contributed by atoms with Crippen LogP contribution in [-0.2, 0) is 0 Å². The van der Waals surface area contributed by atoms with E-state index in [1.807, 2.05) is 12.1 Å². The molecule has 0 aliphatic heterocycles. The Balaban J connectivity index is 2.43. The molecule has 2 rings (SSSR count). The van der Waals surface area contributed by atoms with E-state index in [9.17, 15) is 0 Å². The van der Waals surface area contributed by atoms with Gasteiger partial charge in [0.25, 0.3) is 0 Å². The Labute approximate surface area is 110 Å². The van der Waals surface area contributed by atoms with Crippen LogP contribution in [0.1, 0.15) is 0 Å². The molecule has 0 atom stereocenters. The molecule has 5 heteroatoms. The number of halogens is 2. The minimum absolute atomic E-state index is 0.368. The molecule has 0 saturated heterocycles. The second kappa shape index (κ2) is 5.11. The van der Waals surface area contributed by atoms with Crippen LogP contribution in [0.4, 0.5) is 0 Å². The summed E-state index contributed by atoms with van der Waals surface area (Å²) in [5.74, 6) is 0. The van der Waals surface area contributed by atoms with Crippen molar-refractivity contribution in [2.24, 2.45) is 0 Å². The third-order valence-electron chi connectivity index (χ3n) is 2.45. The van der Waals surface area contributed by atoms with E-state index in [1.54, 1.807) is 24.3 Å². The van der Waals surface area contributed by atoms with Gasteiger partial charge in [0.2, 0.25) is 0 Å². The molecule has 0 spiro atoms. The Kier molecular flexibility index (Phi) is 3.74. The molecule has 86 valence electrons. The maximum atomic E-state index is 9.03. The Morgan fingerprint density at radius 2 is 1.53 bits per heavy atom. The topological polar surface area (TPSA) is 40.5 Å². The van der Waals surface area contributed by atoms with Crippen molar-refractivity contribution in [1.29, 1.82) is 0 Å². The van der Waals surface area contributed by atoms with Crippen LogP contribution in [0.25, 0.3) is 11.1 Å². The van der Waals surface area contributed by atoms with Gasteiger partial charge in [0.05, 0.1) is 0 Å². The average molecular weight is 267 g/mol. The first-order valence-electron chi connectivity index (χ1n) is 4.99. The third-order valence-corrected chi connectivity index (χ3v) is 3.01. The maximum absolute atomic E-state index is 9.03. The maximum Gasteiger partial charge on any atom is 0.488 e. The van der Waals surface area contributed by atoms with Gasteiger partial charge in [-0.2, -0.15) is 0 Å². The monoisotopic (exact) mass is 266 g/mol. The number of hydrogen-bond acceptors (Lipinski definition) is 2. The number of hydrogen-bond donors (Lipinski definition) is 2. The van der Waals surface area contributed by atoms with Crippen LogP contribution in [0.3, 0.4) is 0 Å². The van der Waals surface area contributed by atoms with Crippen LogP contribution in [0.15, 0.2) is 42.5 Å². The van der Waals surface area contributed by atoms with Gasteiger partial charge in [0.15, 0.2) is 0 Å². The van der Waals surface area contributed by atoms with Gasteiger partial charge < -0.3 is 10.0 Å². The molecule has 0 aromatic heterocycles. The highest BCUT2D eigenvalue weighted by Gasteiger charge is 2.13. The van der Waals surface area contributed by atoms with Gasteiger partial charge in [-0.15, -0.1) is 0 Å². The van der Waals surface area contributed by atoms with E-state index in [2.05, 4.69) is 0 Å². The van der Waals surface area contributed by atoms with E-state index in [-0.39, 0.29) is 0 Å². The zero-order chi connectivity index (χ0) is 12.4. The fraction of sp³-hybridized carbons (Fsp3) is 0. The van der Waals surface area contributed by atoms with Crippen LogP contribution in [-0.4, -0.2) is 17.2 Å². The molecule has 17 heavy (non-hydrogen) atoms. The van der Waals surface area contributed by atoms with Gasteiger partial charge in [-0.05, 0) is 29.2 Å². The van der Waals surface area contributed by atoms with Crippen LogP contribution in [0.2, 0.25) is 10.0 Å². The molecular formula is C12H9BCl2O2. The fourth-order valence-corrected chi connectivity index (χ4v) is 1.98. The standard InChI is InChI=1S/C12H9BCl2O2/c14-10-4-1-8(2-5-10)11-6-3-9(13(16)17)7-12(11)15/h1-7,16-17H. The second-order valence-corrected chi connectivity index (χ2v) is 4.46. The Morgan fingerprint density at radius 1 is 0.882 bits per heavy atom. The van der Waals surface area contributed by atoms with E-state index in [0.717, 1.165) is 11.1 Å². The first-order valence-corrected chi connectivity index (χ1v) is 5.75. The molecule has 0 saturated carbocycles. The molecule has 2 aromatic carbocycles. The third kappa shape index (κ3) is 2.82. The van der Waals surface area contributed by atoms with Gasteiger partial charge in [-0.25, -0.2) is 0 Å². The van der Waals surface area contributed by atoms with Crippen LogP contribution in [0.5, 0.6) is 0 Å². The van der Waals surface area contributed by atoms with Crippen molar-refractivity contribution < 1.29 is 10.0 Å². The predicted molar refractivity (Wildman–Crippen MR) is 71.7 cm³/mol. The number of benzene rings is 2. The normalized spacial score (nSPS) is 10.4. The van der Waals surface area contributed by atoms with Crippen molar-refractivity contribution in [1.82, 2.24) is 0 Å². The highest BCUT2D eigenvalue weighted by molar-refractivity contribution is 6.59. The molecule has 2 aromatic rings. The van der Waals surface area contributed by atoms with Crippen molar-refractivity contribution in [3.05, 3.63) is 52.5 Å². The Morgan fingerprint density at radius 3 is 2.06 bits per heavy atom. The highest BCUT2D eigenvalue weighted by atomic mass is 35.5. The molecule has 0 unspecified atom stereocenters. The van der Waals surface area contributed by atoms with Gasteiger partial charge in [0, 0.05) is 15.6 Å². The van der Waals surface area contributed by atoms with Crippen LogP contribution < -0.4 is 5.46 Å². The summed E-state index contributed by atoms with van der Waals surface area (Å²) in [7, 11) is -1.51. The summed E-state index contributed by atoms with van der Waals surface area (Å²) >= 11 is 11.9. The molecule has 0 bridgehead atoms. The lowest BCUT2D eigenvalue weighted by atomic mass is 9.80.